The largest absolute Gasteiger partial charge is 0.400 e. The quantitative estimate of drug-likeness (QED) is 0.184. The number of nitrogens with zero attached hydrogens (tertiary/aromatic N) is 2. The molecule has 2 N–H and O–H groups in total. The summed E-state index contributed by atoms with van der Waals surface area (Å²) in [5.41, 5.74) is 6.41. The number of aromatic nitrogens is 2. The first-order valence-corrected chi connectivity index (χ1v) is 14.9. The van der Waals surface area contributed by atoms with E-state index in [-0.39, 0.29) is 24.8 Å². The van der Waals surface area contributed by atoms with Crippen molar-refractivity contribution < 1.29 is 14.9 Å². The first kappa shape index (κ1) is 42.6. The van der Waals surface area contributed by atoms with E-state index in [0.717, 1.165) is 49.9 Å². The number of pyridine rings is 2. The van der Waals surface area contributed by atoms with Gasteiger partial charge in [0.2, 0.25) is 0 Å². The zero-order valence-corrected chi connectivity index (χ0v) is 29.1. The van der Waals surface area contributed by atoms with Gasteiger partial charge in [0, 0.05) is 38.2 Å². The fourth-order valence-corrected chi connectivity index (χ4v) is 4.04. The maximum absolute atomic E-state index is 7.00. The smallest absolute Gasteiger partial charge is 0.0709 e. The maximum Gasteiger partial charge on any atom is 0.0709 e. The molecule has 5 nitrogen and oxygen atoms in total. The number of ether oxygens (including phenoxy) is 1. The second-order valence-corrected chi connectivity index (χ2v) is 9.13. The molecule has 0 aliphatic carbocycles. The van der Waals surface area contributed by atoms with Gasteiger partial charge < -0.3 is 14.9 Å². The molecule has 0 radical (unpaired) electrons. The van der Waals surface area contributed by atoms with Gasteiger partial charge in [-0.3, -0.25) is 0 Å². The van der Waals surface area contributed by atoms with E-state index in [1.807, 2.05) is 111 Å². The van der Waals surface area contributed by atoms with Crippen molar-refractivity contribution in [2.24, 2.45) is 0 Å². The lowest BCUT2D eigenvalue weighted by Crippen LogP contribution is -1.84. The van der Waals surface area contributed by atoms with Gasteiger partial charge in [0.15, 0.2) is 0 Å². The van der Waals surface area contributed by atoms with Crippen molar-refractivity contribution in [3.8, 4) is 0 Å². The van der Waals surface area contributed by atoms with Gasteiger partial charge in [0.05, 0.1) is 22.4 Å². The van der Waals surface area contributed by atoms with Crippen LogP contribution in [-0.4, -0.2) is 47.6 Å². The number of para-hydroxylation sites is 2. The Hall–Kier alpha value is -4.36. The van der Waals surface area contributed by atoms with Crippen molar-refractivity contribution in [2.45, 2.75) is 13.8 Å². The molecule has 248 valence electrons. The number of halogens is 2. The van der Waals surface area contributed by atoms with Gasteiger partial charge in [-0.1, -0.05) is 121 Å². The number of hydrogen-bond acceptors (Lipinski definition) is 5. The minimum Gasteiger partial charge on any atom is -0.400 e. The molecular weight excluding hydrogens is 627 g/mol. The molecule has 47 heavy (non-hydrogen) atoms. The zero-order chi connectivity index (χ0) is 32.5. The molecule has 0 spiro atoms. The van der Waals surface area contributed by atoms with Crippen LogP contribution in [0.5, 0.6) is 0 Å². The maximum atomic E-state index is 7.00. The van der Waals surface area contributed by atoms with Crippen LogP contribution in [0.1, 0.15) is 36.4 Å². The van der Waals surface area contributed by atoms with Crippen molar-refractivity contribution in [1.29, 1.82) is 0 Å². The highest BCUT2D eigenvalue weighted by Crippen LogP contribution is 2.15. The van der Waals surface area contributed by atoms with Gasteiger partial charge in [0.1, 0.15) is 0 Å². The second kappa shape index (κ2) is 26.8. The molecule has 0 fully saturated rings. The first-order chi connectivity index (χ1) is 22.2. The van der Waals surface area contributed by atoms with Crippen molar-refractivity contribution >= 4 is 70.9 Å². The molecule has 6 rings (SSSR count). The average Bonchev–Trinajstić information content (AvgIpc) is 3.13. The first-order valence-electron chi connectivity index (χ1n) is 14.9. The lowest BCUT2D eigenvalue weighted by atomic mass is 10.1. The Morgan fingerprint density at radius 3 is 1.13 bits per heavy atom. The predicted molar refractivity (Wildman–Crippen MR) is 207 cm³/mol. The fraction of sp³-hybridized carbons (Fsp3) is 0.150. The Kier molecular flexibility index (Phi) is 24.3. The molecule has 0 saturated heterocycles. The highest BCUT2D eigenvalue weighted by molar-refractivity contribution is 5.86. The van der Waals surface area contributed by atoms with Crippen molar-refractivity contribution in [3.05, 3.63) is 156 Å². The Labute approximate surface area is 292 Å². The number of aliphatic hydroxyl groups excluding tert-OH is 2. The number of fused-ring (bicyclic) bond motifs is 2. The highest BCUT2D eigenvalue weighted by atomic mass is 35.5. The third kappa shape index (κ3) is 16.2. The SMILES string of the molecule is C(=C\c1ccc2ccccc2n1)/c1ccccc1.C(=C\c1ccc2ccccc2n1)/c1ccccc1.CCOCC.CO.CO.Cl.Cl. The number of hydrogen-bond donors (Lipinski definition) is 2. The number of rotatable bonds is 6. The monoisotopic (exact) mass is 672 g/mol. The molecule has 0 aliphatic rings. The molecule has 2 aromatic heterocycles. The fourth-order valence-electron chi connectivity index (χ4n) is 4.04. The lowest BCUT2D eigenvalue weighted by molar-refractivity contribution is 0.162. The average molecular weight is 674 g/mol. The third-order valence-electron chi connectivity index (χ3n) is 6.14. The lowest BCUT2D eigenvalue weighted by Gasteiger charge is -1.98. The summed E-state index contributed by atoms with van der Waals surface area (Å²) in [7, 11) is 2.00. The molecule has 7 heteroatoms. The van der Waals surface area contributed by atoms with E-state index in [2.05, 4.69) is 70.7 Å². The third-order valence-corrected chi connectivity index (χ3v) is 6.14. The molecule has 0 atom stereocenters. The van der Waals surface area contributed by atoms with Crippen LogP contribution in [0.15, 0.2) is 133 Å². The zero-order valence-electron chi connectivity index (χ0n) is 27.4. The minimum atomic E-state index is 0. The van der Waals surface area contributed by atoms with E-state index in [4.69, 9.17) is 14.9 Å². The predicted octanol–water partition coefficient (Wildman–Crippen LogP) is 9.91. The molecule has 0 bridgehead atoms. The van der Waals surface area contributed by atoms with Crippen LogP contribution < -0.4 is 0 Å². The van der Waals surface area contributed by atoms with Crippen LogP contribution in [0.4, 0.5) is 0 Å². The van der Waals surface area contributed by atoms with E-state index >= 15 is 0 Å². The number of benzene rings is 4. The molecule has 0 saturated carbocycles. The molecule has 4 aromatic carbocycles. The molecule has 0 aliphatic heterocycles. The Morgan fingerprint density at radius 1 is 0.447 bits per heavy atom. The summed E-state index contributed by atoms with van der Waals surface area (Å²) >= 11 is 0. The molecule has 0 unspecified atom stereocenters. The summed E-state index contributed by atoms with van der Waals surface area (Å²) in [5, 5.41) is 16.4. The van der Waals surface area contributed by atoms with Gasteiger partial charge in [-0.05, 0) is 61.4 Å². The Balaban J connectivity index is 0.000000699. The van der Waals surface area contributed by atoms with E-state index in [1.165, 1.54) is 21.9 Å². The summed E-state index contributed by atoms with van der Waals surface area (Å²) in [6.07, 6.45) is 8.25. The summed E-state index contributed by atoms with van der Waals surface area (Å²) < 4.78 is 4.83. The summed E-state index contributed by atoms with van der Waals surface area (Å²) in [4.78, 5) is 9.21. The minimum absolute atomic E-state index is 0. The van der Waals surface area contributed by atoms with Crippen LogP contribution in [0.25, 0.3) is 46.1 Å². The Morgan fingerprint density at radius 2 is 0.787 bits per heavy atom. The van der Waals surface area contributed by atoms with E-state index in [0.29, 0.717) is 0 Å². The van der Waals surface area contributed by atoms with Crippen molar-refractivity contribution in [3.63, 3.8) is 0 Å². The second-order valence-electron chi connectivity index (χ2n) is 9.13. The molecule has 0 amide bonds. The van der Waals surface area contributed by atoms with Gasteiger partial charge in [-0.2, -0.15) is 0 Å². The Bertz CT molecular complexity index is 1570. The molecule has 2 heterocycles. The topological polar surface area (TPSA) is 75.5 Å². The summed E-state index contributed by atoms with van der Waals surface area (Å²) in [6.45, 7) is 5.67. The van der Waals surface area contributed by atoms with E-state index in [1.54, 1.807) is 0 Å². The standard InChI is InChI=1S/2C17H13N.C4H10O.2CH4O.2ClH/c2*1-2-6-14(7-3-1)10-12-16-13-11-15-8-4-5-9-17(15)18-16;1-3-5-4-2;2*1-2;;/h2*1-13H;3-4H2,1-2H3;2*2H,1H3;2*1H/b2*12-10+;;;;;. The van der Waals surface area contributed by atoms with Crippen LogP contribution in [0.2, 0.25) is 0 Å². The number of aliphatic hydroxyl groups is 2. The van der Waals surface area contributed by atoms with E-state index in [9.17, 15) is 0 Å². The summed E-state index contributed by atoms with van der Waals surface area (Å²) in [5.74, 6) is 0. The molecular formula is C40H46Cl2N2O3. The van der Waals surface area contributed by atoms with Crippen LogP contribution in [0, 0.1) is 0 Å². The van der Waals surface area contributed by atoms with Crippen molar-refractivity contribution in [2.75, 3.05) is 27.4 Å². The van der Waals surface area contributed by atoms with Gasteiger partial charge in [-0.25, -0.2) is 9.97 Å². The van der Waals surface area contributed by atoms with E-state index < -0.39 is 0 Å². The molecule has 6 aromatic rings. The van der Waals surface area contributed by atoms with Gasteiger partial charge in [-0.15, -0.1) is 24.8 Å². The highest BCUT2D eigenvalue weighted by Gasteiger charge is 1.95. The van der Waals surface area contributed by atoms with Crippen LogP contribution in [0.3, 0.4) is 0 Å². The van der Waals surface area contributed by atoms with Crippen LogP contribution in [-0.2, 0) is 4.74 Å². The summed E-state index contributed by atoms with van der Waals surface area (Å²) in [6, 6.07) is 45.1. The normalized spacial score (nSPS) is 9.66. The van der Waals surface area contributed by atoms with Crippen LogP contribution >= 0.6 is 24.8 Å². The van der Waals surface area contributed by atoms with Crippen molar-refractivity contribution in [1.82, 2.24) is 9.97 Å². The van der Waals surface area contributed by atoms with Gasteiger partial charge in [0.25, 0.3) is 0 Å². The van der Waals surface area contributed by atoms with Gasteiger partial charge >= 0.3 is 0 Å².